The molecule has 0 heterocycles. The van der Waals surface area contributed by atoms with Gasteiger partial charge >= 0.3 is 0 Å². The molecular weight excluding hydrogens is 344 g/mol. The molecule has 0 aliphatic carbocycles. The van der Waals surface area contributed by atoms with Crippen LogP contribution in [-0.2, 0) is 4.79 Å². The number of carbonyl (C=O) groups excluding carboxylic acids is 2. The lowest BCUT2D eigenvalue weighted by atomic mass is 10.2. The van der Waals surface area contributed by atoms with Crippen molar-refractivity contribution in [2.75, 3.05) is 5.32 Å². The zero-order valence-corrected chi connectivity index (χ0v) is 12.8. The summed E-state index contributed by atoms with van der Waals surface area (Å²) in [4.78, 5) is 22.9. The molecule has 0 aromatic heterocycles. The first-order chi connectivity index (χ1) is 11.7. The number of anilines is 1. The molecule has 0 unspecified atom stereocenters. The van der Waals surface area contributed by atoms with Crippen LogP contribution >= 0.6 is 0 Å². The number of ether oxygens (including phenoxy) is 1. The van der Waals surface area contributed by atoms with Crippen LogP contribution in [0.4, 0.5) is 23.2 Å². The Labute approximate surface area is 139 Å². The summed E-state index contributed by atoms with van der Waals surface area (Å²) in [5.74, 6) is -9.62. The topological polar surface area (TPSA) is 81.4 Å². The first-order valence-electron chi connectivity index (χ1n) is 6.91. The van der Waals surface area contributed by atoms with Crippen molar-refractivity contribution in [2.45, 2.75) is 13.0 Å². The Morgan fingerprint density at radius 2 is 1.56 bits per heavy atom. The fraction of sp³-hybridized carbons (Fsp3) is 0.125. The maximum Gasteiger partial charge on any atom is 0.265 e. The smallest absolute Gasteiger partial charge is 0.265 e. The number of primary amides is 1. The molecule has 0 saturated carbocycles. The molecule has 2 aromatic rings. The summed E-state index contributed by atoms with van der Waals surface area (Å²) in [7, 11) is 0. The molecule has 1 atom stereocenters. The maximum absolute atomic E-state index is 13.5. The van der Waals surface area contributed by atoms with E-state index in [9.17, 15) is 27.2 Å². The van der Waals surface area contributed by atoms with Crippen LogP contribution in [0.1, 0.15) is 17.3 Å². The average Bonchev–Trinajstić information content (AvgIpc) is 2.57. The summed E-state index contributed by atoms with van der Waals surface area (Å²) in [6, 6.07) is 5.47. The SMILES string of the molecule is C[C@H](Oc1c(F)c(F)cc(F)c1F)C(=O)Nc1ccc(C(N)=O)cc1. The molecule has 2 amide bonds. The summed E-state index contributed by atoms with van der Waals surface area (Å²) in [6.07, 6.45) is -1.47. The largest absolute Gasteiger partial charge is 0.475 e. The summed E-state index contributed by atoms with van der Waals surface area (Å²) in [5, 5.41) is 2.35. The highest BCUT2D eigenvalue weighted by molar-refractivity contribution is 5.96. The van der Waals surface area contributed by atoms with Gasteiger partial charge in [0.25, 0.3) is 5.91 Å². The Hall–Kier alpha value is -3.10. The van der Waals surface area contributed by atoms with Crippen molar-refractivity contribution in [3.8, 4) is 5.75 Å². The van der Waals surface area contributed by atoms with E-state index in [1.165, 1.54) is 24.3 Å². The molecule has 0 aliphatic heterocycles. The number of hydrogen-bond donors (Lipinski definition) is 2. The lowest BCUT2D eigenvalue weighted by Gasteiger charge is -2.16. The van der Waals surface area contributed by atoms with Crippen molar-refractivity contribution in [3.05, 3.63) is 59.2 Å². The standard InChI is InChI=1S/C16H12F4N2O3/c1-7(25-14-12(19)10(17)6-11(18)13(14)20)16(24)22-9-4-2-8(3-5-9)15(21)23/h2-7H,1H3,(H2,21,23)(H,22,24)/t7-/m0/s1. The zero-order valence-electron chi connectivity index (χ0n) is 12.8. The number of halogens is 4. The maximum atomic E-state index is 13.5. The third-order valence-corrected chi connectivity index (χ3v) is 3.17. The van der Waals surface area contributed by atoms with Gasteiger partial charge < -0.3 is 15.8 Å². The van der Waals surface area contributed by atoms with Gasteiger partial charge in [-0.1, -0.05) is 0 Å². The van der Waals surface area contributed by atoms with Crippen LogP contribution in [0.15, 0.2) is 30.3 Å². The van der Waals surface area contributed by atoms with E-state index < -0.39 is 46.9 Å². The van der Waals surface area contributed by atoms with E-state index >= 15 is 0 Å². The Bertz CT molecular complexity index is 799. The molecule has 0 spiro atoms. The van der Waals surface area contributed by atoms with Crippen LogP contribution in [0.25, 0.3) is 0 Å². The second kappa shape index (κ2) is 7.20. The lowest BCUT2D eigenvalue weighted by molar-refractivity contribution is -0.122. The van der Waals surface area contributed by atoms with E-state index in [0.717, 1.165) is 6.92 Å². The van der Waals surface area contributed by atoms with Crippen LogP contribution in [0, 0.1) is 23.3 Å². The van der Waals surface area contributed by atoms with Gasteiger partial charge in [0.15, 0.2) is 23.5 Å². The monoisotopic (exact) mass is 356 g/mol. The Morgan fingerprint density at radius 3 is 2.04 bits per heavy atom. The second-order valence-electron chi connectivity index (χ2n) is 4.99. The predicted octanol–water partition coefficient (Wildman–Crippen LogP) is 2.75. The summed E-state index contributed by atoms with van der Waals surface area (Å²) in [5.41, 5.74) is 5.53. The van der Waals surface area contributed by atoms with Crippen LogP contribution in [0.5, 0.6) is 5.75 Å². The zero-order chi connectivity index (χ0) is 18.7. The van der Waals surface area contributed by atoms with E-state index in [1.54, 1.807) is 0 Å². The van der Waals surface area contributed by atoms with Gasteiger partial charge in [-0.3, -0.25) is 9.59 Å². The molecule has 0 fully saturated rings. The molecule has 0 aliphatic rings. The minimum atomic E-state index is -1.75. The van der Waals surface area contributed by atoms with Gasteiger partial charge in [-0.15, -0.1) is 0 Å². The Balaban J connectivity index is 2.12. The van der Waals surface area contributed by atoms with Gasteiger partial charge in [0.1, 0.15) is 0 Å². The lowest BCUT2D eigenvalue weighted by Crippen LogP contribution is -2.31. The molecule has 0 radical (unpaired) electrons. The molecular formula is C16H12F4N2O3. The molecule has 0 bridgehead atoms. The number of benzene rings is 2. The molecule has 0 saturated heterocycles. The number of carbonyl (C=O) groups is 2. The van der Waals surface area contributed by atoms with Crippen LogP contribution < -0.4 is 15.8 Å². The summed E-state index contributed by atoms with van der Waals surface area (Å²) in [6.45, 7) is 1.13. The number of amides is 2. The number of rotatable bonds is 5. The first-order valence-corrected chi connectivity index (χ1v) is 6.91. The molecule has 2 aromatic carbocycles. The highest BCUT2D eigenvalue weighted by Gasteiger charge is 2.25. The third kappa shape index (κ3) is 4.06. The van der Waals surface area contributed by atoms with Gasteiger partial charge in [0, 0.05) is 17.3 Å². The minimum Gasteiger partial charge on any atom is -0.475 e. The molecule has 3 N–H and O–H groups in total. The normalized spacial score (nSPS) is 11.7. The van der Waals surface area contributed by atoms with Gasteiger partial charge in [-0.25, -0.2) is 8.78 Å². The highest BCUT2D eigenvalue weighted by atomic mass is 19.2. The molecule has 25 heavy (non-hydrogen) atoms. The van der Waals surface area contributed by atoms with Crippen molar-refractivity contribution in [3.63, 3.8) is 0 Å². The van der Waals surface area contributed by atoms with Gasteiger partial charge in [-0.2, -0.15) is 8.78 Å². The van der Waals surface area contributed by atoms with Crippen molar-refractivity contribution < 1.29 is 31.9 Å². The van der Waals surface area contributed by atoms with Gasteiger partial charge in [0.2, 0.25) is 17.5 Å². The molecule has 9 heteroatoms. The molecule has 5 nitrogen and oxygen atoms in total. The molecule has 132 valence electrons. The van der Waals surface area contributed by atoms with E-state index in [-0.39, 0.29) is 17.3 Å². The number of hydrogen-bond acceptors (Lipinski definition) is 3. The predicted molar refractivity (Wildman–Crippen MR) is 80.0 cm³/mol. The fourth-order valence-electron chi connectivity index (χ4n) is 1.85. The van der Waals surface area contributed by atoms with E-state index in [1.807, 2.05) is 0 Å². The van der Waals surface area contributed by atoms with Crippen molar-refractivity contribution in [1.29, 1.82) is 0 Å². The van der Waals surface area contributed by atoms with Crippen molar-refractivity contribution >= 4 is 17.5 Å². The Morgan fingerprint density at radius 1 is 1.04 bits per heavy atom. The quantitative estimate of drug-likeness (QED) is 0.638. The number of nitrogens with two attached hydrogens (primary N) is 1. The van der Waals surface area contributed by atoms with E-state index in [0.29, 0.717) is 0 Å². The summed E-state index contributed by atoms with van der Waals surface area (Å²) < 4.78 is 58.0. The second-order valence-corrected chi connectivity index (χ2v) is 4.99. The highest BCUT2D eigenvalue weighted by Crippen LogP contribution is 2.27. The van der Waals surface area contributed by atoms with Gasteiger partial charge in [-0.05, 0) is 31.2 Å². The van der Waals surface area contributed by atoms with Crippen LogP contribution in [0.3, 0.4) is 0 Å². The van der Waals surface area contributed by atoms with E-state index in [4.69, 9.17) is 10.5 Å². The van der Waals surface area contributed by atoms with Crippen molar-refractivity contribution in [2.24, 2.45) is 5.73 Å². The minimum absolute atomic E-state index is 0.0303. The third-order valence-electron chi connectivity index (χ3n) is 3.17. The number of nitrogens with one attached hydrogen (secondary N) is 1. The summed E-state index contributed by atoms with van der Waals surface area (Å²) >= 11 is 0. The van der Waals surface area contributed by atoms with Crippen LogP contribution in [0.2, 0.25) is 0 Å². The van der Waals surface area contributed by atoms with Gasteiger partial charge in [0.05, 0.1) is 0 Å². The van der Waals surface area contributed by atoms with Crippen molar-refractivity contribution in [1.82, 2.24) is 0 Å². The fourth-order valence-corrected chi connectivity index (χ4v) is 1.85. The first kappa shape index (κ1) is 18.2. The van der Waals surface area contributed by atoms with E-state index in [2.05, 4.69) is 5.32 Å². The average molecular weight is 356 g/mol. The van der Waals surface area contributed by atoms with Crippen LogP contribution in [-0.4, -0.2) is 17.9 Å². The molecule has 2 rings (SSSR count). The Kier molecular flexibility index (Phi) is 5.26.